The van der Waals surface area contributed by atoms with Gasteiger partial charge in [0.05, 0.1) is 5.69 Å². The van der Waals surface area contributed by atoms with Gasteiger partial charge in [-0.2, -0.15) is 5.10 Å². The number of nitrogens with zero attached hydrogens (tertiary/aromatic N) is 5. The largest absolute Gasteiger partial charge is 0.361 e. The zero-order valence-electron chi connectivity index (χ0n) is 20.3. The van der Waals surface area contributed by atoms with E-state index in [0.29, 0.717) is 0 Å². The Morgan fingerprint density at radius 2 is 1.77 bits per heavy atom. The third kappa shape index (κ3) is 5.96. The molecule has 0 unspecified atom stereocenters. The third-order valence-electron chi connectivity index (χ3n) is 6.81. The number of H-pyrrole nitrogens is 1. The van der Waals surface area contributed by atoms with E-state index in [9.17, 15) is 4.79 Å². The second-order valence-electron chi connectivity index (χ2n) is 9.30. The van der Waals surface area contributed by atoms with Crippen molar-refractivity contribution in [1.82, 2.24) is 29.5 Å². The highest BCUT2D eigenvalue weighted by atomic mass is 16.1. The lowest BCUT2D eigenvalue weighted by atomic mass is 10.1. The van der Waals surface area contributed by atoms with Crippen molar-refractivity contribution < 1.29 is 4.79 Å². The molecule has 2 aromatic heterocycles. The minimum absolute atomic E-state index is 0.0330. The standard InChI is InChI=1S/C27H33N7O/c1-21(35)31-24-6-4-22(5-7-24)10-12-33-15-13-32(14-16-33)11-2-3-23-18-29-27-9-8-25(17-26(23)27)34-20-28-19-30-34/h4-9,17-20,29H,2-3,10-16H2,1H3,(H,31,35). The van der Waals surface area contributed by atoms with Crippen LogP contribution in [0.3, 0.4) is 0 Å². The normalized spacial score (nSPS) is 15.0. The van der Waals surface area contributed by atoms with E-state index < -0.39 is 0 Å². The first kappa shape index (κ1) is 23.3. The Hall–Kier alpha value is -3.49. The Morgan fingerprint density at radius 3 is 2.49 bits per heavy atom. The van der Waals surface area contributed by atoms with Crippen LogP contribution in [0, 0.1) is 0 Å². The summed E-state index contributed by atoms with van der Waals surface area (Å²) in [6.07, 6.45) is 8.70. The monoisotopic (exact) mass is 471 g/mol. The van der Waals surface area contributed by atoms with Crippen LogP contribution in [0.5, 0.6) is 0 Å². The number of carbonyl (C=O) groups is 1. The summed E-state index contributed by atoms with van der Waals surface area (Å²) in [6.45, 7) is 8.26. The number of hydrogen-bond donors (Lipinski definition) is 2. The number of anilines is 1. The predicted molar refractivity (Wildman–Crippen MR) is 139 cm³/mol. The van der Waals surface area contributed by atoms with E-state index in [1.165, 1.54) is 29.0 Å². The highest BCUT2D eigenvalue weighted by molar-refractivity contribution is 5.88. The molecule has 0 bridgehead atoms. The van der Waals surface area contributed by atoms with Crippen molar-refractivity contribution in [3.8, 4) is 5.69 Å². The van der Waals surface area contributed by atoms with Crippen molar-refractivity contribution in [1.29, 1.82) is 0 Å². The van der Waals surface area contributed by atoms with E-state index in [1.807, 2.05) is 12.1 Å². The summed E-state index contributed by atoms with van der Waals surface area (Å²) in [5.41, 5.74) is 5.74. The van der Waals surface area contributed by atoms with Crippen molar-refractivity contribution in [2.45, 2.75) is 26.2 Å². The molecule has 0 spiro atoms. The van der Waals surface area contributed by atoms with Crippen molar-refractivity contribution in [2.75, 3.05) is 44.6 Å². The average Bonchev–Trinajstić information content (AvgIpc) is 3.54. The van der Waals surface area contributed by atoms with Crippen molar-refractivity contribution in [3.63, 3.8) is 0 Å². The van der Waals surface area contributed by atoms with Gasteiger partial charge in [0.1, 0.15) is 12.7 Å². The second-order valence-corrected chi connectivity index (χ2v) is 9.30. The zero-order chi connectivity index (χ0) is 24.0. The number of piperazine rings is 1. The molecule has 0 radical (unpaired) electrons. The lowest BCUT2D eigenvalue weighted by Crippen LogP contribution is -2.47. The molecule has 1 aliphatic rings. The van der Waals surface area contributed by atoms with Crippen molar-refractivity contribution >= 4 is 22.5 Å². The summed E-state index contributed by atoms with van der Waals surface area (Å²) in [5, 5.41) is 8.34. The molecule has 8 nitrogen and oxygen atoms in total. The number of nitrogens with one attached hydrogen (secondary N) is 2. The zero-order valence-corrected chi connectivity index (χ0v) is 20.3. The Morgan fingerprint density at radius 1 is 1.00 bits per heavy atom. The number of rotatable bonds is 9. The van der Waals surface area contributed by atoms with Crippen molar-refractivity contribution in [2.24, 2.45) is 0 Å². The van der Waals surface area contributed by atoms with Gasteiger partial charge in [-0.15, -0.1) is 0 Å². The van der Waals surface area contributed by atoms with Gasteiger partial charge >= 0.3 is 0 Å². The van der Waals surface area contributed by atoms with E-state index in [-0.39, 0.29) is 5.91 Å². The molecular weight excluding hydrogens is 438 g/mol. The molecule has 3 heterocycles. The number of benzene rings is 2. The number of hydrogen-bond acceptors (Lipinski definition) is 5. The van der Waals surface area contributed by atoms with Crippen LogP contribution in [0.15, 0.2) is 61.3 Å². The van der Waals surface area contributed by atoms with E-state index in [0.717, 1.165) is 69.9 Å². The molecule has 4 aromatic rings. The maximum absolute atomic E-state index is 11.2. The summed E-state index contributed by atoms with van der Waals surface area (Å²) in [7, 11) is 0. The van der Waals surface area contributed by atoms with Crippen LogP contribution >= 0.6 is 0 Å². The molecule has 0 saturated carbocycles. The molecule has 5 rings (SSSR count). The molecule has 0 atom stereocenters. The Balaban J connectivity index is 1.05. The third-order valence-corrected chi connectivity index (χ3v) is 6.81. The molecule has 1 saturated heterocycles. The van der Waals surface area contributed by atoms with Crippen LogP contribution < -0.4 is 5.32 Å². The van der Waals surface area contributed by atoms with Crippen LogP contribution in [0.1, 0.15) is 24.5 Å². The summed E-state index contributed by atoms with van der Waals surface area (Å²) in [5.74, 6) is -0.0330. The number of carbonyl (C=O) groups excluding carboxylic acids is 1. The minimum atomic E-state index is -0.0330. The van der Waals surface area contributed by atoms with Gasteiger partial charge in [0.2, 0.25) is 5.91 Å². The number of aromatic amines is 1. The minimum Gasteiger partial charge on any atom is -0.361 e. The fourth-order valence-corrected chi connectivity index (χ4v) is 4.83. The molecule has 2 aromatic carbocycles. The summed E-state index contributed by atoms with van der Waals surface area (Å²) in [4.78, 5) is 23.8. The first-order valence-corrected chi connectivity index (χ1v) is 12.4. The van der Waals surface area contributed by atoms with Gasteiger partial charge in [-0.05, 0) is 67.3 Å². The molecule has 182 valence electrons. The predicted octanol–water partition coefficient (Wildman–Crippen LogP) is 3.50. The molecule has 2 N–H and O–H groups in total. The van der Waals surface area contributed by atoms with Gasteiger partial charge < -0.3 is 20.1 Å². The molecule has 1 fully saturated rings. The summed E-state index contributed by atoms with van der Waals surface area (Å²) < 4.78 is 1.80. The van der Waals surface area contributed by atoms with Crippen LogP contribution in [-0.2, 0) is 17.6 Å². The highest BCUT2D eigenvalue weighted by Crippen LogP contribution is 2.23. The van der Waals surface area contributed by atoms with Gasteiger partial charge in [-0.3, -0.25) is 4.79 Å². The number of fused-ring (bicyclic) bond motifs is 1. The first-order valence-electron chi connectivity index (χ1n) is 12.4. The Kier molecular flexibility index (Phi) is 7.20. The molecule has 1 amide bonds. The molecular formula is C27H33N7O. The van der Waals surface area contributed by atoms with Crippen LogP contribution in [-0.4, -0.2) is 74.7 Å². The van der Waals surface area contributed by atoms with Gasteiger partial charge in [0.25, 0.3) is 0 Å². The number of aromatic nitrogens is 4. The quantitative estimate of drug-likeness (QED) is 0.391. The van der Waals surface area contributed by atoms with Gasteiger partial charge in [-0.1, -0.05) is 12.1 Å². The molecule has 8 heteroatoms. The Labute approximate surface area is 206 Å². The van der Waals surface area contributed by atoms with Gasteiger partial charge in [-0.25, -0.2) is 9.67 Å². The van der Waals surface area contributed by atoms with Crippen LogP contribution in [0.2, 0.25) is 0 Å². The van der Waals surface area contributed by atoms with E-state index >= 15 is 0 Å². The van der Waals surface area contributed by atoms with E-state index in [2.05, 4.69) is 66.7 Å². The van der Waals surface area contributed by atoms with Crippen LogP contribution in [0.25, 0.3) is 16.6 Å². The smallest absolute Gasteiger partial charge is 0.221 e. The van der Waals surface area contributed by atoms with Crippen LogP contribution in [0.4, 0.5) is 5.69 Å². The summed E-state index contributed by atoms with van der Waals surface area (Å²) in [6, 6.07) is 14.6. The molecule has 1 aliphatic heterocycles. The first-order chi connectivity index (χ1) is 17.1. The highest BCUT2D eigenvalue weighted by Gasteiger charge is 2.16. The fraction of sp³-hybridized carbons (Fsp3) is 0.370. The van der Waals surface area contributed by atoms with Gasteiger partial charge in [0.15, 0.2) is 0 Å². The number of amides is 1. The lowest BCUT2D eigenvalue weighted by molar-refractivity contribution is -0.114. The molecule has 35 heavy (non-hydrogen) atoms. The summed E-state index contributed by atoms with van der Waals surface area (Å²) >= 11 is 0. The lowest BCUT2D eigenvalue weighted by Gasteiger charge is -2.34. The Bertz CT molecular complexity index is 1240. The maximum Gasteiger partial charge on any atom is 0.221 e. The maximum atomic E-state index is 11.2. The molecule has 0 aliphatic carbocycles. The van der Waals surface area contributed by atoms with E-state index in [1.54, 1.807) is 17.3 Å². The van der Waals surface area contributed by atoms with E-state index in [4.69, 9.17) is 0 Å². The average molecular weight is 472 g/mol. The topological polar surface area (TPSA) is 82.1 Å². The second kappa shape index (κ2) is 10.8. The van der Waals surface area contributed by atoms with Crippen molar-refractivity contribution in [3.05, 3.63) is 72.4 Å². The number of aryl methyl sites for hydroxylation is 1. The van der Waals surface area contributed by atoms with Gasteiger partial charge in [0, 0.05) is 62.4 Å². The fourth-order valence-electron chi connectivity index (χ4n) is 4.83. The SMILES string of the molecule is CC(=O)Nc1ccc(CCN2CCN(CCCc3c[nH]c4ccc(-n5cncn5)cc34)CC2)cc1.